The fraction of sp³-hybridized carbons (Fsp3) is 0.867. The average molecular weight is 411 g/mol. The molecule has 154 valence electrons. The fourth-order valence-corrected chi connectivity index (χ4v) is 4.46. The minimum atomic E-state index is -4.97. The highest BCUT2D eigenvalue weighted by molar-refractivity contribution is 7.44. The molecule has 1 saturated heterocycles. The van der Waals surface area contributed by atoms with Crippen molar-refractivity contribution in [2.24, 2.45) is 0 Å². The third kappa shape index (κ3) is 7.55. The summed E-state index contributed by atoms with van der Waals surface area (Å²) in [5, 5.41) is 10.5. The van der Waals surface area contributed by atoms with E-state index < -0.39 is 38.9 Å². The first-order chi connectivity index (χ1) is 12.5. The number of amides is 1. The number of nitrogens with one attached hydrogen (secondary N) is 1. The minimum absolute atomic E-state index is 0.0768. The predicted octanol–water partition coefficient (Wildman–Crippen LogP) is 2.03. The van der Waals surface area contributed by atoms with Gasteiger partial charge < -0.3 is 19.1 Å². The van der Waals surface area contributed by atoms with Crippen molar-refractivity contribution in [2.45, 2.75) is 77.1 Å². The van der Waals surface area contributed by atoms with E-state index in [-0.39, 0.29) is 31.5 Å². The quantitative estimate of drug-likeness (QED) is 0.355. The summed E-state index contributed by atoms with van der Waals surface area (Å²) in [5.41, 5.74) is 0. The fourth-order valence-electron chi connectivity index (χ4n) is 2.66. The van der Waals surface area contributed by atoms with Crippen molar-refractivity contribution in [3.05, 3.63) is 0 Å². The average Bonchev–Trinajstić information content (AvgIpc) is 2.85. The van der Waals surface area contributed by atoms with Gasteiger partial charge >= 0.3 is 12.1 Å². The first-order valence-corrected chi connectivity index (χ1v) is 9.88. The van der Waals surface area contributed by atoms with E-state index in [1.54, 1.807) is 7.85 Å². The summed E-state index contributed by atoms with van der Waals surface area (Å²) in [6.45, 7) is 8.11. The van der Waals surface area contributed by atoms with E-state index in [1.165, 1.54) is 0 Å². The van der Waals surface area contributed by atoms with Crippen molar-refractivity contribution in [3.8, 4) is 6.07 Å². The number of nitrogens with zero attached hydrogens (tertiary/aromatic N) is 2. The van der Waals surface area contributed by atoms with Crippen LogP contribution in [0.5, 0.6) is 0 Å². The first kappa shape index (κ1) is 24.1. The number of hydrogen-bond donors (Lipinski definition) is 1. The molecule has 4 atom stereocenters. The molecule has 0 aliphatic carbocycles. The summed E-state index contributed by atoms with van der Waals surface area (Å²) in [7, 11) is 0.122. The molecular weight excluding hydrogens is 385 g/mol. The van der Waals surface area contributed by atoms with Crippen molar-refractivity contribution in [1.29, 1.82) is 5.26 Å². The number of carbonyl (C=O) groups is 1. The molecular formula is C15H26BF3N3O4P. The number of carbonyl (C=O) groups excluding carboxylic acids is 1. The van der Waals surface area contributed by atoms with Crippen molar-refractivity contribution in [1.82, 2.24) is 9.99 Å². The van der Waals surface area contributed by atoms with Crippen LogP contribution >= 0.6 is 8.53 Å². The molecule has 0 aromatic heterocycles. The Morgan fingerprint density at radius 3 is 2.48 bits per heavy atom. The van der Waals surface area contributed by atoms with Crippen LogP contribution in [0.1, 0.15) is 40.5 Å². The summed E-state index contributed by atoms with van der Waals surface area (Å²) in [4.78, 5) is 11.1. The van der Waals surface area contributed by atoms with Crippen molar-refractivity contribution >= 4 is 22.3 Å². The SMILES string of the molecule is B[C@@H]1O[C@H](NC(=O)C(F)(F)F)C[C@@H]1OP(OCCC#N)N(C(C)C)C(C)C. The summed E-state index contributed by atoms with van der Waals surface area (Å²) in [5.74, 6) is -2.04. The minimum Gasteiger partial charge on any atom is -0.362 e. The number of hydrogen-bond acceptors (Lipinski definition) is 6. The van der Waals surface area contributed by atoms with Gasteiger partial charge in [-0.05, 0) is 27.7 Å². The van der Waals surface area contributed by atoms with Crippen LogP contribution in [0.2, 0.25) is 0 Å². The van der Waals surface area contributed by atoms with Gasteiger partial charge in [-0.25, -0.2) is 4.67 Å². The van der Waals surface area contributed by atoms with Gasteiger partial charge in [-0.3, -0.25) is 4.79 Å². The maximum atomic E-state index is 12.4. The van der Waals surface area contributed by atoms with Crippen LogP contribution in [-0.4, -0.2) is 61.6 Å². The van der Waals surface area contributed by atoms with Gasteiger partial charge in [0.1, 0.15) is 14.1 Å². The van der Waals surface area contributed by atoms with Gasteiger partial charge in [0.25, 0.3) is 8.53 Å². The molecule has 0 aromatic carbocycles. The summed E-state index contributed by atoms with van der Waals surface area (Å²) in [6.07, 6.45) is -6.32. The molecule has 1 amide bonds. The lowest BCUT2D eigenvalue weighted by Crippen LogP contribution is -2.43. The molecule has 1 unspecified atom stereocenters. The van der Waals surface area contributed by atoms with Crippen LogP contribution in [0.25, 0.3) is 0 Å². The lowest BCUT2D eigenvalue weighted by molar-refractivity contribution is -0.177. The zero-order valence-corrected chi connectivity index (χ0v) is 17.0. The molecule has 1 N–H and O–H groups in total. The molecule has 0 bridgehead atoms. The number of alkyl halides is 3. The molecule has 1 aliphatic rings. The number of halogens is 3. The van der Waals surface area contributed by atoms with Gasteiger partial charge in [0.05, 0.1) is 31.2 Å². The van der Waals surface area contributed by atoms with Crippen molar-refractivity contribution in [3.63, 3.8) is 0 Å². The number of rotatable bonds is 9. The maximum Gasteiger partial charge on any atom is 0.471 e. The van der Waals surface area contributed by atoms with Gasteiger partial charge in [-0.2, -0.15) is 18.4 Å². The van der Waals surface area contributed by atoms with Crippen molar-refractivity contribution < 1.29 is 31.8 Å². The second kappa shape index (κ2) is 10.6. The lowest BCUT2D eigenvalue weighted by Gasteiger charge is -2.37. The largest absolute Gasteiger partial charge is 0.471 e. The summed E-state index contributed by atoms with van der Waals surface area (Å²) in [6, 6.07) is 1.67. The molecule has 1 aliphatic heterocycles. The lowest BCUT2D eigenvalue weighted by atomic mass is 9.95. The van der Waals surface area contributed by atoms with Gasteiger partial charge in [0.15, 0.2) is 0 Å². The van der Waals surface area contributed by atoms with Crippen LogP contribution < -0.4 is 5.32 Å². The molecule has 7 nitrogen and oxygen atoms in total. The molecule has 0 radical (unpaired) electrons. The normalized spacial score (nSPS) is 24.4. The van der Waals surface area contributed by atoms with Crippen LogP contribution in [0, 0.1) is 11.3 Å². The maximum absolute atomic E-state index is 12.4. The van der Waals surface area contributed by atoms with E-state index in [0.717, 1.165) is 0 Å². The Labute approximate surface area is 159 Å². The van der Waals surface area contributed by atoms with E-state index in [2.05, 4.69) is 0 Å². The molecule has 0 spiro atoms. The van der Waals surface area contributed by atoms with Gasteiger partial charge in [0.2, 0.25) is 0 Å². The smallest absolute Gasteiger partial charge is 0.362 e. The van der Waals surface area contributed by atoms with E-state index in [4.69, 9.17) is 19.0 Å². The predicted molar refractivity (Wildman–Crippen MR) is 96.1 cm³/mol. The summed E-state index contributed by atoms with van der Waals surface area (Å²) >= 11 is 0. The number of ether oxygens (including phenoxy) is 1. The Bertz CT molecular complexity index is 525. The van der Waals surface area contributed by atoms with Crippen LogP contribution in [0.4, 0.5) is 13.2 Å². The van der Waals surface area contributed by atoms with Crippen LogP contribution in [0.15, 0.2) is 0 Å². The topological polar surface area (TPSA) is 83.8 Å². The Kier molecular flexibility index (Phi) is 9.45. The second-order valence-electron chi connectivity index (χ2n) is 6.73. The third-order valence-electron chi connectivity index (χ3n) is 3.79. The van der Waals surface area contributed by atoms with E-state index in [1.807, 2.05) is 43.8 Å². The van der Waals surface area contributed by atoms with Crippen molar-refractivity contribution in [2.75, 3.05) is 6.61 Å². The highest BCUT2D eigenvalue weighted by atomic mass is 31.2. The highest BCUT2D eigenvalue weighted by Crippen LogP contribution is 2.48. The second-order valence-corrected chi connectivity index (χ2v) is 8.13. The Morgan fingerprint density at radius 2 is 2.00 bits per heavy atom. The molecule has 1 heterocycles. The van der Waals surface area contributed by atoms with E-state index >= 15 is 0 Å². The third-order valence-corrected chi connectivity index (χ3v) is 5.94. The molecule has 0 aromatic rings. The Morgan fingerprint density at radius 1 is 1.41 bits per heavy atom. The number of nitriles is 1. The molecule has 0 saturated carbocycles. The monoisotopic (exact) mass is 411 g/mol. The van der Waals surface area contributed by atoms with Crippen LogP contribution in [-0.2, 0) is 18.6 Å². The Hall–Kier alpha value is -0.915. The Balaban J connectivity index is 2.79. The van der Waals surface area contributed by atoms with Crippen LogP contribution in [0.3, 0.4) is 0 Å². The zero-order valence-electron chi connectivity index (χ0n) is 16.1. The molecule has 1 rings (SSSR count). The highest BCUT2D eigenvalue weighted by Gasteiger charge is 2.44. The van der Waals surface area contributed by atoms with E-state index in [0.29, 0.717) is 0 Å². The van der Waals surface area contributed by atoms with Gasteiger partial charge in [-0.15, -0.1) is 0 Å². The molecule has 12 heteroatoms. The van der Waals surface area contributed by atoms with E-state index in [9.17, 15) is 18.0 Å². The first-order valence-electron chi connectivity index (χ1n) is 8.75. The zero-order chi connectivity index (χ0) is 20.8. The standard InChI is InChI=1S/C15H26BF3N3O4P/c1-9(2)22(10(3)4)27(24-7-5-6-20)26-11-8-12(25-13(11)16)21-14(23)15(17,18)19/h9-13H,5,7-8,16H2,1-4H3,(H,21,23)/t11-,12-,13+,27?/m0/s1. The van der Waals surface area contributed by atoms with Gasteiger partial charge in [0, 0.05) is 18.5 Å². The molecule has 27 heavy (non-hydrogen) atoms. The van der Waals surface area contributed by atoms with Gasteiger partial charge in [-0.1, -0.05) is 0 Å². The molecule has 1 fully saturated rings. The summed E-state index contributed by atoms with van der Waals surface area (Å²) < 4.78 is 56.5.